The molecule has 0 bridgehead atoms. The van der Waals surface area contributed by atoms with Gasteiger partial charge in [-0.05, 0) is 0 Å². The second-order valence-corrected chi connectivity index (χ2v) is 8.11. The monoisotopic (exact) mass is 254 g/mol. The molecule has 0 radical (unpaired) electrons. The van der Waals surface area contributed by atoms with Crippen molar-refractivity contribution >= 4 is 58.4 Å². The van der Waals surface area contributed by atoms with Crippen molar-refractivity contribution in [1.82, 2.24) is 0 Å². The Hall–Kier alpha value is 0.930. The van der Waals surface area contributed by atoms with Gasteiger partial charge in [-0.25, -0.2) is 0 Å². The molecular formula is C6H6OS5. The van der Waals surface area contributed by atoms with Crippen LogP contribution in [0.1, 0.15) is 0 Å². The van der Waals surface area contributed by atoms with Crippen molar-refractivity contribution in [2.45, 2.75) is 14.5 Å². The van der Waals surface area contributed by atoms with E-state index < -0.39 is 0 Å². The standard InChI is InChI=1S/C6H6OS5/c7-3-1-9-4-5(10-2-3)12-6(8)11-4/h3,7H,1-2H2. The van der Waals surface area contributed by atoms with Crippen LogP contribution < -0.4 is 0 Å². The van der Waals surface area contributed by atoms with Crippen molar-refractivity contribution < 1.29 is 5.11 Å². The Balaban J connectivity index is 2.30. The van der Waals surface area contributed by atoms with E-state index in [1.807, 2.05) is 0 Å². The summed E-state index contributed by atoms with van der Waals surface area (Å²) in [4.78, 5) is 0. The third-order valence-corrected chi connectivity index (χ3v) is 7.20. The molecule has 1 aromatic heterocycles. The first-order chi connectivity index (χ1) is 5.75. The van der Waals surface area contributed by atoms with Crippen LogP contribution in [0.25, 0.3) is 0 Å². The molecule has 0 amide bonds. The van der Waals surface area contributed by atoms with Crippen LogP contribution in [0.2, 0.25) is 0 Å². The van der Waals surface area contributed by atoms with E-state index in [0.29, 0.717) is 0 Å². The van der Waals surface area contributed by atoms with Gasteiger partial charge in [0.05, 0.1) is 14.5 Å². The molecule has 0 aliphatic carbocycles. The summed E-state index contributed by atoms with van der Waals surface area (Å²) in [6, 6.07) is 0. The predicted octanol–water partition coefficient (Wildman–Crippen LogP) is 3.10. The normalized spacial score (nSPS) is 18.8. The van der Waals surface area contributed by atoms with Crippen LogP contribution in [0.5, 0.6) is 0 Å². The van der Waals surface area contributed by atoms with Crippen LogP contribution >= 0.6 is 58.4 Å². The average Bonchev–Trinajstić information content (AvgIpc) is 2.31. The van der Waals surface area contributed by atoms with Crippen LogP contribution in [-0.4, -0.2) is 22.7 Å². The van der Waals surface area contributed by atoms with Gasteiger partial charge >= 0.3 is 0 Å². The second kappa shape index (κ2) is 3.98. The number of fused-ring (bicyclic) bond motifs is 1. The molecule has 2 rings (SSSR count). The van der Waals surface area contributed by atoms with Gasteiger partial charge in [-0.15, -0.1) is 46.2 Å². The fraction of sp³-hybridized carbons (Fsp3) is 0.500. The fourth-order valence-corrected chi connectivity index (χ4v) is 6.99. The molecule has 0 spiro atoms. The molecule has 1 N–H and O–H groups in total. The van der Waals surface area contributed by atoms with Gasteiger partial charge in [-0.2, -0.15) is 0 Å². The smallest absolute Gasteiger partial charge is 0.145 e. The number of hydrogen-bond donors (Lipinski definition) is 1. The topological polar surface area (TPSA) is 20.2 Å². The first kappa shape index (κ1) is 9.48. The second-order valence-electron chi connectivity index (χ2n) is 2.30. The van der Waals surface area contributed by atoms with Crippen molar-refractivity contribution in [2.75, 3.05) is 11.5 Å². The Bertz CT molecular complexity index is 298. The highest BCUT2D eigenvalue weighted by Crippen LogP contribution is 2.43. The lowest BCUT2D eigenvalue weighted by Crippen LogP contribution is -2.10. The van der Waals surface area contributed by atoms with E-state index in [1.54, 1.807) is 46.2 Å². The molecule has 0 saturated carbocycles. The van der Waals surface area contributed by atoms with E-state index in [4.69, 9.17) is 12.2 Å². The summed E-state index contributed by atoms with van der Waals surface area (Å²) in [6.45, 7) is 0. The quantitative estimate of drug-likeness (QED) is 0.718. The van der Waals surface area contributed by atoms with Crippen molar-refractivity contribution in [3.8, 4) is 0 Å². The first-order valence-corrected chi connectivity index (χ1v) is 7.34. The van der Waals surface area contributed by atoms with Gasteiger partial charge in [0.25, 0.3) is 0 Å². The highest BCUT2D eigenvalue weighted by Gasteiger charge is 2.17. The van der Waals surface area contributed by atoms with Gasteiger partial charge in [-0.1, -0.05) is 12.2 Å². The lowest BCUT2D eigenvalue weighted by Gasteiger charge is -2.01. The summed E-state index contributed by atoms with van der Waals surface area (Å²) >= 11 is 11.9. The van der Waals surface area contributed by atoms with Gasteiger partial charge in [0.2, 0.25) is 0 Å². The van der Waals surface area contributed by atoms with Crippen molar-refractivity contribution in [3.63, 3.8) is 0 Å². The van der Waals surface area contributed by atoms with E-state index in [0.717, 1.165) is 14.6 Å². The van der Waals surface area contributed by atoms with Gasteiger partial charge in [-0.3, -0.25) is 0 Å². The Morgan fingerprint density at radius 2 is 1.67 bits per heavy atom. The molecule has 0 aromatic carbocycles. The fourth-order valence-electron chi connectivity index (χ4n) is 0.824. The Kier molecular flexibility index (Phi) is 3.14. The highest BCUT2D eigenvalue weighted by molar-refractivity contribution is 8.05. The molecule has 66 valence electrons. The minimum Gasteiger partial charge on any atom is -0.391 e. The third kappa shape index (κ3) is 2.05. The Labute approximate surface area is 92.2 Å². The van der Waals surface area contributed by atoms with Gasteiger partial charge in [0.1, 0.15) is 3.14 Å². The predicted molar refractivity (Wildman–Crippen MR) is 60.5 cm³/mol. The number of hydrogen-bond acceptors (Lipinski definition) is 6. The SMILES string of the molecule is OC1CSc2sc(=S)sc2SC1. The van der Waals surface area contributed by atoms with Crippen molar-refractivity contribution in [3.05, 3.63) is 3.14 Å². The van der Waals surface area contributed by atoms with Crippen LogP contribution in [-0.2, 0) is 0 Å². The highest BCUT2D eigenvalue weighted by atomic mass is 32.2. The van der Waals surface area contributed by atoms with Gasteiger partial charge in [0.15, 0.2) is 0 Å². The van der Waals surface area contributed by atoms with E-state index in [-0.39, 0.29) is 6.10 Å². The summed E-state index contributed by atoms with van der Waals surface area (Å²) < 4.78 is 3.59. The molecule has 0 fully saturated rings. The Morgan fingerprint density at radius 3 is 2.17 bits per heavy atom. The zero-order valence-corrected chi connectivity index (χ0v) is 10.1. The van der Waals surface area contributed by atoms with E-state index in [2.05, 4.69) is 0 Å². The molecular weight excluding hydrogens is 248 g/mol. The zero-order valence-electron chi connectivity index (χ0n) is 5.98. The number of aliphatic hydroxyl groups is 1. The molecule has 1 nitrogen and oxygen atoms in total. The average molecular weight is 254 g/mol. The molecule has 1 aromatic rings. The summed E-state index contributed by atoms with van der Waals surface area (Å²) in [6.07, 6.45) is -0.166. The molecule has 6 heteroatoms. The molecule has 1 aliphatic heterocycles. The van der Waals surface area contributed by atoms with Gasteiger partial charge < -0.3 is 5.11 Å². The summed E-state index contributed by atoms with van der Waals surface area (Å²) in [5.74, 6) is 1.62. The maximum absolute atomic E-state index is 9.39. The van der Waals surface area contributed by atoms with Crippen LogP contribution in [0.3, 0.4) is 0 Å². The minimum absolute atomic E-state index is 0.166. The first-order valence-electron chi connectivity index (χ1n) is 3.33. The number of aliphatic hydroxyl groups excluding tert-OH is 1. The minimum atomic E-state index is -0.166. The lowest BCUT2D eigenvalue weighted by molar-refractivity contribution is 0.225. The van der Waals surface area contributed by atoms with Crippen molar-refractivity contribution in [1.29, 1.82) is 0 Å². The van der Waals surface area contributed by atoms with Crippen LogP contribution in [0, 0.1) is 3.14 Å². The number of thioether (sulfide) groups is 2. The molecule has 0 atom stereocenters. The van der Waals surface area contributed by atoms with Crippen LogP contribution in [0.4, 0.5) is 0 Å². The van der Waals surface area contributed by atoms with E-state index in [9.17, 15) is 5.11 Å². The molecule has 1 aliphatic rings. The molecule has 2 heterocycles. The van der Waals surface area contributed by atoms with Crippen LogP contribution in [0.15, 0.2) is 8.42 Å². The third-order valence-electron chi connectivity index (χ3n) is 1.33. The molecule has 0 saturated heterocycles. The van der Waals surface area contributed by atoms with E-state index >= 15 is 0 Å². The van der Waals surface area contributed by atoms with Crippen molar-refractivity contribution in [2.24, 2.45) is 0 Å². The summed E-state index contributed by atoms with van der Waals surface area (Å²) in [5, 5.41) is 9.39. The Morgan fingerprint density at radius 1 is 1.17 bits per heavy atom. The zero-order chi connectivity index (χ0) is 8.55. The largest absolute Gasteiger partial charge is 0.391 e. The summed E-state index contributed by atoms with van der Waals surface area (Å²) in [7, 11) is 0. The van der Waals surface area contributed by atoms with Gasteiger partial charge in [0, 0.05) is 11.5 Å². The lowest BCUT2D eigenvalue weighted by atomic mass is 10.5. The molecule has 12 heavy (non-hydrogen) atoms. The summed E-state index contributed by atoms with van der Waals surface area (Å²) in [5.41, 5.74) is 0. The number of rotatable bonds is 0. The maximum Gasteiger partial charge on any atom is 0.145 e. The maximum atomic E-state index is 9.39. The molecule has 0 unspecified atom stereocenters. The van der Waals surface area contributed by atoms with E-state index in [1.165, 1.54) is 8.42 Å².